The Kier molecular flexibility index (Phi) is 7.63. The van der Waals surface area contributed by atoms with Crippen molar-refractivity contribution in [3.8, 4) is 0 Å². The molecule has 6 nitrogen and oxygen atoms in total. The van der Waals surface area contributed by atoms with Crippen LogP contribution < -0.4 is 16.0 Å². The summed E-state index contributed by atoms with van der Waals surface area (Å²) in [6.45, 7) is 10.1. The number of thiophene rings is 1. The number of carbonyl (C=O) groups excluding carboxylic acids is 2. The van der Waals surface area contributed by atoms with E-state index in [9.17, 15) is 9.59 Å². The summed E-state index contributed by atoms with van der Waals surface area (Å²) in [6.07, 6.45) is 5.02. The van der Waals surface area contributed by atoms with Crippen LogP contribution in [0.2, 0.25) is 0 Å². The quantitative estimate of drug-likeness (QED) is 0.383. The fourth-order valence-corrected chi connectivity index (χ4v) is 7.71. The van der Waals surface area contributed by atoms with Gasteiger partial charge in [0.25, 0.3) is 0 Å². The first kappa shape index (κ1) is 24.8. The summed E-state index contributed by atoms with van der Waals surface area (Å²) in [5.41, 5.74) is 3.64. The molecule has 1 aliphatic carbocycles. The van der Waals surface area contributed by atoms with Crippen LogP contribution in [0.3, 0.4) is 0 Å². The second-order valence-corrected chi connectivity index (χ2v) is 13.4. The second kappa shape index (κ2) is 10.1. The van der Waals surface area contributed by atoms with Gasteiger partial charge >= 0.3 is 12.0 Å². The Balaban J connectivity index is 1.47. The van der Waals surface area contributed by atoms with E-state index in [1.807, 2.05) is 20.8 Å². The third-order valence-electron chi connectivity index (χ3n) is 6.05. The van der Waals surface area contributed by atoms with Gasteiger partial charge in [-0.25, -0.2) is 9.59 Å². The highest BCUT2D eigenvalue weighted by Crippen LogP contribution is 2.45. The van der Waals surface area contributed by atoms with Crippen molar-refractivity contribution in [1.29, 1.82) is 0 Å². The lowest BCUT2D eigenvalue weighted by Crippen LogP contribution is -2.32. The summed E-state index contributed by atoms with van der Waals surface area (Å²) in [5, 5.41) is 9.97. The molecule has 9 heteroatoms. The third-order valence-corrected chi connectivity index (χ3v) is 9.42. The van der Waals surface area contributed by atoms with E-state index in [0.29, 0.717) is 17.1 Å². The maximum atomic E-state index is 13.1. The van der Waals surface area contributed by atoms with Gasteiger partial charge in [0, 0.05) is 22.9 Å². The number of amides is 2. The number of hydrogen-bond donors (Lipinski definition) is 3. The Labute approximate surface area is 212 Å². The molecule has 1 aromatic rings. The van der Waals surface area contributed by atoms with Crippen molar-refractivity contribution in [1.82, 2.24) is 10.6 Å². The second-order valence-electron chi connectivity index (χ2n) is 9.86. The maximum absolute atomic E-state index is 13.1. The monoisotopic (exact) mass is 553 g/mol. The zero-order valence-corrected chi connectivity index (χ0v) is 22.9. The number of aryl methyl sites for hydroxylation is 1. The molecule has 180 valence electrons. The molecule has 1 unspecified atom stereocenters. The molecular formula is C24H32BrN3O3S2. The topological polar surface area (TPSA) is 79.5 Å². The number of thioether (sulfide) groups is 1. The minimum atomic E-state index is -0.594. The number of hydrogen-bond acceptors (Lipinski definition) is 6. The summed E-state index contributed by atoms with van der Waals surface area (Å²) in [7, 11) is 0. The molecule has 3 aliphatic rings. The van der Waals surface area contributed by atoms with Gasteiger partial charge in [0.2, 0.25) is 0 Å². The third kappa shape index (κ3) is 5.86. The molecule has 1 atom stereocenters. The predicted octanol–water partition coefficient (Wildman–Crippen LogP) is 6.26. The largest absolute Gasteiger partial charge is 0.456 e. The number of halogens is 1. The molecule has 3 N–H and O–H groups in total. The van der Waals surface area contributed by atoms with E-state index in [-0.39, 0.29) is 17.9 Å². The number of ether oxygens (including phenoxy) is 1. The molecule has 0 saturated carbocycles. The van der Waals surface area contributed by atoms with E-state index in [1.54, 1.807) is 11.8 Å². The van der Waals surface area contributed by atoms with Gasteiger partial charge in [0.05, 0.1) is 9.38 Å². The number of nitrogens with one attached hydrogen (secondary N) is 3. The first-order valence-corrected chi connectivity index (χ1v) is 14.0. The van der Waals surface area contributed by atoms with E-state index in [2.05, 4.69) is 38.8 Å². The smallest absolute Gasteiger partial charge is 0.341 e. The lowest BCUT2D eigenvalue weighted by molar-refractivity contribution is 0.00693. The molecular weight excluding hydrogens is 522 g/mol. The van der Waals surface area contributed by atoms with Crippen molar-refractivity contribution < 1.29 is 14.3 Å². The van der Waals surface area contributed by atoms with Crippen molar-refractivity contribution in [3.05, 3.63) is 35.9 Å². The summed E-state index contributed by atoms with van der Waals surface area (Å²) in [4.78, 5) is 28.5. The van der Waals surface area contributed by atoms with Crippen molar-refractivity contribution in [2.24, 2.45) is 0 Å². The van der Waals surface area contributed by atoms with Crippen LogP contribution in [0, 0.1) is 0 Å². The van der Waals surface area contributed by atoms with Crippen LogP contribution in [0.25, 0.3) is 0 Å². The Hall–Kier alpha value is -1.29. The normalized spacial score (nSPS) is 20.8. The molecule has 2 aliphatic heterocycles. The summed E-state index contributed by atoms with van der Waals surface area (Å²) in [6, 6.07) is -0.297. The summed E-state index contributed by atoms with van der Waals surface area (Å²) >= 11 is 6.95. The van der Waals surface area contributed by atoms with Crippen LogP contribution in [0.15, 0.2) is 19.9 Å². The number of fused-ring (bicyclic) bond motifs is 1. The van der Waals surface area contributed by atoms with Crippen LogP contribution in [0.5, 0.6) is 0 Å². The molecule has 0 radical (unpaired) electrons. The van der Waals surface area contributed by atoms with Gasteiger partial charge in [-0.1, -0.05) is 24.3 Å². The number of urea groups is 1. The molecule has 3 heterocycles. The molecule has 0 saturated heterocycles. The predicted molar refractivity (Wildman–Crippen MR) is 141 cm³/mol. The first-order valence-electron chi connectivity index (χ1n) is 11.5. The Morgan fingerprint density at radius 1 is 1.27 bits per heavy atom. The fraction of sp³-hybridized carbons (Fsp3) is 0.583. The van der Waals surface area contributed by atoms with Gasteiger partial charge in [-0.2, -0.15) is 0 Å². The maximum Gasteiger partial charge on any atom is 0.341 e. The lowest BCUT2D eigenvalue weighted by Gasteiger charge is -2.27. The van der Waals surface area contributed by atoms with Crippen LogP contribution in [-0.4, -0.2) is 37.2 Å². The van der Waals surface area contributed by atoms with Crippen LogP contribution >= 0.6 is 39.0 Å². The zero-order chi connectivity index (χ0) is 23.8. The minimum Gasteiger partial charge on any atom is -0.456 e. The van der Waals surface area contributed by atoms with Gasteiger partial charge in [-0.3, -0.25) is 5.32 Å². The molecule has 1 aromatic heterocycles. The average molecular weight is 555 g/mol. The minimum absolute atomic E-state index is 0.277. The van der Waals surface area contributed by atoms with Gasteiger partial charge in [-0.15, -0.1) is 11.3 Å². The highest BCUT2D eigenvalue weighted by Gasteiger charge is 2.32. The van der Waals surface area contributed by atoms with E-state index >= 15 is 0 Å². The highest BCUT2D eigenvalue weighted by atomic mass is 79.9. The molecule has 0 spiro atoms. The Bertz CT molecular complexity index is 1020. The van der Waals surface area contributed by atoms with Gasteiger partial charge < -0.3 is 15.4 Å². The van der Waals surface area contributed by atoms with Crippen molar-refractivity contribution in [2.45, 2.75) is 71.3 Å². The van der Waals surface area contributed by atoms with Crippen LogP contribution in [0.1, 0.15) is 80.1 Å². The van der Waals surface area contributed by atoms with E-state index < -0.39 is 5.60 Å². The molecule has 0 aromatic carbocycles. The molecule has 2 amide bonds. The number of carbonyl (C=O) groups is 2. The van der Waals surface area contributed by atoms with Gasteiger partial charge in [0.1, 0.15) is 10.6 Å². The van der Waals surface area contributed by atoms with Gasteiger partial charge in [-0.05, 0) is 92.4 Å². The van der Waals surface area contributed by atoms with Crippen LogP contribution in [-0.2, 0) is 11.2 Å². The summed E-state index contributed by atoms with van der Waals surface area (Å²) < 4.78 is 6.79. The summed E-state index contributed by atoms with van der Waals surface area (Å²) in [5.74, 6) is -0.0810. The van der Waals surface area contributed by atoms with Crippen LogP contribution in [0.4, 0.5) is 9.80 Å². The van der Waals surface area contributed by atoms with Gasteiger partial charge in [0.15, 0.2) is 0 Å². The molecule has 0 fully saturated rings. The SMILES string of the molecule is CC1CCCc2sc(NC(=O)NCC3=C(Br)SC4=C(CCNC4)C3)c(C(=O)OC(C)(C)C)c21. The van der Waals surface area contributed by atoms with Crippen molar-refractivity contribution >= 4 is 56.0 Å². The zero-order valence-electron chi connectivity index (χ0n) is 19.7. The Morgan fingerprint density at radius 3 is 2.82 bits per heavy atom. The fourth-order valence-electron chi connectivity index (χ4n) is 4.51. The molecule has 0 bridgehead atoms. The lowest BCUT2D eigenvalue weighted by atomic mass is 9.86. The molecule has 4 rings (SSSR count). The highest BCUT2D eigenvalue weighted by molar-refractivity contribution is 9.14. The van der Waals surface area contributed by atoms with Crippen molar-refractivity contribution in [2.75, 3.05) is 25.0 Å². The molecule has 33 heavy (non-hydrogen) atoms. The number of anilines is 1. The number of esters is 1. The Morgan fingerprint density at radius 2 is 2.06 bits per heavy atom. The standard InChI is InChI=1S/C24H32BrN3O3S2/c1-13-6-5-7-16-18(13)19(22(29)31-24(2,3)4)21(33-16)28-23(30)27-11-15-10-14-8-9-26-12-17(14)32-20(15)25/h13,26H,5-12H2,1-4H3,(H2,27,28,30). The van der Waals surface area contributed by atoms with E-state index in [4.69, 9.17) is 4.74 Å². The van der Waals surface area contributed by atoms with Crippen molar-refractivity contribution in [3.63, 3.8) is 0 Å². The van der Waals surface area contributed by atoms with E-state index in [0.717, 1.165) is 54.6 Å². The average Bonchev–Trinajstić information content (AvgIpc) is 3.10. The first-order chi connectivity index (χ1) is 15.6. The number of rotatable bonds is 4. The van der Waals surface area contributed by atoms with E-state index in [1.165, 1.54) is 32.3 Å².